The second-order valence-electron chi connectivity index (χ2n) is 5.37. The molecule has 1 aliphatic carbocycles. The number of amides is 1. The summed E-state index contributed by atoms with van der Waals surface area (Å²) in [7, 11) is 0. The molecule has 0 spiro atoms. The Hall–Kier alpha value is -1.92. The van der Waals surface area contributed by atoms with E-state index in [0.29, 0.717) is 11.6 Å². The highest BCUT2D eigenvalue weighted by Crippen LogP contribution is 2.40. The third kappa shape index (κ3) is 2.71. The van der Waals surface area contributed by atoms with Crippen LogP contribution in [0.25, 0.3) is 0 Å². The molecule has 0 aliphatic heterocycles. The first kappa shape index (κ1) is 13.7. The van der Waals surface area contributed by atoms with Crippen molar-refractivity contribution in [3.05, 3.63) is 62.3 Å². The highest BCUT2D eigenvalue weighted by molar-refractivity contribution is 7.10. The van der Waals surface area contributed by atoms with Crippen molar-refractivity contribution >= 4 is 28.6 Å². The SMILES string of the molecule is O=C(N[C@@H](c1ccsc1)c1cccs1)c1cc(C2CC2)on1. The summed E-state index contributed by atoms with van der Waals surface area (Å²) in [6.07, 6.45) is 2.26. The molecule has 3 aromatic heterocycles. The van der Waals surface area contributed by atoms with Crippen LogP contribution < -0.4 is 5.32 Å². The van der Waals surface area contributed by atoms with Crippen LogP contribution in [0.5, 0.6) is 0 Å². The second kappa shape index (κ2) is 5.70. The molecule has 3 aromatic rings. The molecule has 1 aliphatic rings. The van der Waals surface area contributed by atoms with E-state index in [-0.39, 0.29) is 11.9 Å². The van der Waals surface area contributed by atoms with Crippen LogP contribution in [0, 0.1) is 0 Å². The first-order valence-electron chi connectivity index (χ1n) is 7.14. The number of carbonyl (C=O) groups is 1. The van der Waals surface area contributed by atoms with Crippen molar-refractivity contribution in [2.24, 2.45) is 0 Å². The fourth-order valence-corrected chi connectivity index (χ4v) is 3.86. The van der Waals surface area contributed by atoms with E-state index in [0.717, 1.165) is 29.0 Å². The molecule has 0 aromatic carbocycles. The van der Waals surface area contributed by atoms with Crippen LogP contribution in [0.15, 0.2) is 44.9 Å². The Bertz CT molecular complexity index is 724. The van der Waals surface area contributed by atoms with Gasteiger partial charge >= 0.3 is 0 Å². The minimum Gasteiger partial charge on any atom is -0.360 e. The minimum atomic E-state index is -0.194. The Morgan fingerprint density at radius 1 is 1.36 bits per heavy atom. The molecule has 0 bridgehead atoms. The third-order valence-corrected chi connectivity index (χ3v) is 5.36. The summed E-state index contributed by atoms with van der Waals surface area (Å²) in [4.78, 5) is 13.6. The topological polar surface area (TPSA) is 55.1 Å². The van der Waals surface area contributed by atoms with E-state index in [9.17, 15) is 4.79 Å². The molecule has 1 fully saturated rings. The van der Waals surface area contributed by atoms with E-state index in [1.165, 1.54) is 0 Å². The molecule has 0 radical (unpaired) electrons. The van der Waals surface area contributed by atoms with Crippen molar-refractivity contribution in [2.75, 3.05) is 0 Å². The van der Waals surface area contributed by atoms with Gasteiger partial charge in [-0.2, -0.15) is 11.3 Å². The Morgan fingerprint density at radius 3 is 2.95 bits per heavy atom. The van der Waals surface area contributed by atoms with Crippen molar-refractivity contribution in [3.8, 4) is 0 Å². The maximum Gasteiger partial charge on any atom is 0.274 e. The average Bonchev–Trinajstić information content (AvgIpc) is 3.03. The largest absolute Gasteiger partial charge is 0.360 e. The maximum absolute atomic E-state index is 12.5. The second-order valence-corrected chi connectivity index (χ2v) is 7.13. The number of hydrogen-bond donors (Lipinski definition) is 1. The van der Waals surface area contributed by atoms with Crippen molar-refractivity contribution in [1.82, 2.24) is 10.5 Å². The normalized spacial score (nSPS) is 15.6. The van der Waals surface area contributed by atoms with Gasteiger partial charge < -0.3 is 9.84 Å². The van der Waals surface area contributed by atoms with Crippen LogP contribution in [0.2, 0.25) is 0 Å². The maximum atomic E-state index is 12.5. The number of aromatic nitrogens is 1. The lowest BCUT2D eigenvalue weighted by atomic mass is 10.1. The van der Waals surface area contributed by atoms with E-state index in [1.807, 2.05) is 29.0 Å². The number of nitrogens with zero attached hydrogens (tertiary/aromatic N) is 1. The van der Waals surface area contributed by atoms with Crippen LogP contribution in [-0.4, -0.2) is 11.1 Å². The predicted octanol–water partition coefficient (Wildman–Crippen LogP) is 4.19. The quantitative estimate of drug-likeness (QED) is 0.763. The van der Waals surface area contributed by atoms with Crippen LogP contribution in [0.3, 0.4) is 0 Å². The van der Waals surface area contributed by atoms with Gasteiger partial charge in [0.05, 0.1) is 6.04 Å². The number of rotatable bonds is 5. The van der Waals surface area contributed by atoms with Gasteiger partial charge in [-0.15, -0.1) is 11.3 Å². The van der Waals surface area contributed by atoms with Gasteiger partial charge in [0.15, 0.2) is 5.69 Å². The van der Waals surface area contributed by atoms with Gasteiger partial charge in [0, 0.05) is 16.9 Å². The standard InChI is InChI=1S/C16H14N2O2S2/c19-16(12-8-13(20-18-12)10-3-4-10)17-15(11-5-7-21-9-11)14-2-1-6-22-14/h1-2,5-10,15H,3-4H2,(H,17,19)/t15-/m0/s1. The van der Waals surface area contributed by atoms with Gasteiger partial charge in [-0.05, 0) is 46.7 Å². The molecule has 3 heterocycles. The van der Waals surface area contributed by atoms with Gasteiger partial charge in [0.25, 0.3) is 5.91 Å². The summed E-state index contributed by atoms with van der Waals surface area (Å²) in [5.74, 6) is 1.09. The van der Waals surface area contributed by atoms with Gasteiger partial charge in [-0.25, -0.2) is 0 Å². The lowest BCUT2D eigenvalue weighted by Crippen LogP contribution is -2.28. The summed E-state index contributed by atoms with van der Waals surface area (Å²) in [6, 6.07) is 7.69. The average molecular weight is 330 g/mol. The van der Waals surface area contributed by atoms with Crippen molar-refractivity contribution in [1.29, 1.82) is 0 Å². The zero-order chi connectivity index (χ0) is 14.9. The summed E-state index contributed by atoms with van der Waals surface area (Å²) in [6.45, 7) is 0. The number of hydrogen-bond acceptors (Lipinski definition) is 5. The Balaban J connectivity index is 1.56. The predicted molar refractivity (Wildman–Crippen MR) is 86.4 cm³/mol. The van der Waals surface area contributed by atoms with E-state index in [4.69, 9.17) is 4.52 Å². The molecule has 1 N–H and O–H groups in total. The number of nitrogens with one attached hydrogen (secondary N) is 1. The van der Waals surface area contributed by atoms with Gasteiger partial charge in [-0.3, -0.25) is 4.79 Å². The molecule has 4 rings (SSSR count). The third-order valence-electron chi connectivity index (χ3n) is 3.72. The van der Waals surface area contributed by atoms with Crippen molar-refractivity contribution in [2.45, 2.75) is 24.8 Å². The Kier molecular flexibility index (Phi) is 3.56. The van der Waals surface area contributed by atoms with Crippen LogP contribution >= 0.6 is 22.7 Å². The van der Waals surface area contributed by atoms with Crippen LogP contribution in [0.4, 0.5) is 0 Å². The molecule has 1 amide bonds. The summed E-state index contributed by atoms with van der Waals surface area (Å²) >= 11 is 3.26. The zero-order valence-electron chi connectivity index (χ0n) is 11.7. The fraction of sp³-hybridized carbons (Fsp3) is 0.250. The fourth-order valence-electron chi connectivity index (χ4n) is 2.38. The smallest absolute Gasteiger partial charge is 0.274 e. The Morgan fingerprint density at radius 2 is 2.27 bits per heavy atom. The molecular weight excluding hydrogens is 316 g/mol. The van der Waals surface area contributed by atoms with Gasteiger partial charge in [0.2, 0.25) is 0 Å². The van der Waals surface area contributed by atoms with E-state index >= 15 is 0 Å². The van der Waals surface area contributed by atoms with Crippen molar-refractivity contribution in [3.63, 3.8) is 0 Å². The first-order valence-corrected chi connectivity index (χ1v) is 8.96. The van der Waals surface area contributed by atoms with Gasteiger partial charge in [0.1, 0.15) is 5.76 Å². The monoisotopic (exact) mass is 330 g/mol. The van der Waals surface area contributed by atoms with E-state index in [1.54, 1.807) is 28.7 Å². The van der Waals surface area contributed by atoms with Gasteiger partial charge in [-0.1, -0.05) is 11.2 Å². The molecule has 1 saturated carbocycles. The number of thiophene rings is 2. The summed E-state index contributed by atoms with van der Waals surface area (Å²) < 4.78 is 5.27. The molecule has 1 atom stereocenters. The lowest BCUT2D eigenvalue weighted by molar-refractivity contribution is 0.0934. The molecule has 112 valence electrons. The molecule has 22 heavy (non-hydrogen) atoms. The lowest BCUT2D eigenvalue weighted by Gasteiger charge is -2.15. The summed E-state index contributed by atoms with van der Waals surface area (Å²) in [5, 5.41) is 13.1. The molecule has 0 saturated heterocycles. The first-order chi connectivity index (χ1) is 10.8. The highest BCUT2D eigenvalue weighted by atomic mass is 32.1. The van der Waals surface area contributed by atoms with E-state index in [2.05, 4.69) is 15.9 Å². The number of carbonyl (C=O) groups excluding carboxylic acids is 1. The molecule has 0 unspecified atom stereocenters. The molecular formula is C16H14N2O2S2. The molecule has 6 heteroatoms. The minimum absolute atomic E-state index is 0.139. The van der Waals surface area contributed by atoms with Crippen LogP contribution in [-0.2, 0) is 0 Å². The van der Waals surface area contributed by atoms with Crippen molar-refractivity contribution < 1.29 is 9.32 Å². The highest BCUT2D eigenvalue weighted by Gasteiger charge is 2.29. The Labute approximate surface area is 135 Å². The van der Waals surface area contributed by atoms with Crippen LogP contribution in [0.1, 0.15) is 51.5 Å². The molecule has 4 nitrogen and oxygen atoms in total. The van der Waals surface area contributed by atoms with E-state index < -0.39 is 0 Å². The zero-order valence-corrected chi connectivity index (χ0v) is 13.3. The summed E-state index contributed by atoms with van der Waals surface area (Å²) in [5.41, 5.74) is 1.45.